The Balaban J connectivity index is 0.00000372. The van der Waals surface area contributed by atoms with Crippen molar-refractivity contribution in [2.24, 2.45) is 0 Å². The van der Waals surface area contributed by atoms with E-state index in [1.807, 2.05) is 12.3 Å². The van der Waals surface area contributed by atoms with Gasteiger partial charge >= 0.3 is 0 Å². The summed E-state index contributed by atoms with van der Waals surface area (Å²) in [6.45, 7) is 6.70. The van der Waals surface area contributed by atoms with Gasteiger partial charge in [-0.05, 0) is 45.5 Å². The molecule has 0 spiro atoms. The SMILES string of the molecule is CC(C)(C)c1cc(-c2cc(-c3ccccc3)ccn2)[c-]c(-c2ccc3c4ccccc4c4c(c(O)c5c6ccccc6n6c7ccccc7c4c56)c3n2)c1.[Pt]. The van der Waals surface area contributed by atoms with Crippen LogP contribution >= 0.6 is 0 Å². The van der Waals surface area contributed by atoms with Crippen LogP contribution in [0.3, 0.4) is 0 Å². The summed E-state index contributed by atoms with van der Waals surface area (Å²) in [6.07, 6.45) is 1.88. The van der Waals surface area contributed by atoms with E-state index in [2.05, 4.69) is 165 Å². The predicted molar refractivity (Wildman–Crippen MR) is 225 cm³/mol. The van der Waals surface area contributed by atoms with Gasteiger partial charge in [0.15, 0.2) is 0 Å². The van der Waals surface area contributed by atoms with Crippen LogP contribution in [0.25, 0.3) is 104 Å². The predicted octanol–water partition coefficient (Wildman–Crippen LogP) is 12.9. The number of benzene rings is 7. The zero-order valence-electron chi connectivity index (χ0n) is 30.5. The van der Waals surface area contributed by atoms with Crippen LogP contribution < -0.4 is 0 Å². The van der Waals surface area contributed by atoms with Gasteiger partial charge in [-0.3, -0.25) is 9.97 Å². The van der Waals surface area contributed by atoms with Crippen LogP contribution in [0.5, 0.6) is 5.75 Å². The molecule has 0 aliphatic carbocycles. The van der Waals surface area contributed by atoms with Crippen LogP contribution in [0.1, 0.15) is 26.3 Å². The quantitative estimate of drug-likeness (QED) is 0.142. The molecule has 0 bridgehead atoms. The van der Waals surface area contributed by atoms with Gasteiger partial charge in [0, 0.05) is 65.6 Å². The fraction of sp³-hybridized carbons (Fsp3) is 0.0800. The number of hydrogen-bond acceptors (Lipinski definition) is 3. The van der Waals surface area contributed by atoms with Gasteiger partial charge < -0.3 is 9.51 Å². The molecule has 0 radical (unpaired) electrons. The van der Waals surface area contributed by atoms with E-state index >= 15 is 0 Å². The molecule has 5 heteroatoms. The fourth-order valence-electron chi connectivity index (χ4n) is 8.72. The van der Waals surface area contributed by atoms with Crippen LogP contribution in [-0.2, 0) is 26.5 Å². The van der Waals surface area contributed by atoms with Crippen molar-refractivity contribution in [3.63, 3.8) is 0 Å². The molecule has 0 aliphatic rings. The number of hydrogen-bond donors (Lipinski definition) is 1. The summed E-state index contributed by atoms with van der Waals surface area (Å²) in [7, 11) is 0. The van der Waals surface area contributed by atoms with E-state index in [0.717, 1.165) is 104 Å². The molecule has 0 saturated heterocycles. The largest absolute Gasteiger partial charge is 0.506 e. The molecule has 11 rings (SSSR count). The van der Waals surface area contributed by atoms with E-state index in [0.29, 0.717) is 0 Å². The van der Waals surface area contributed by atoms with Gasteiger partial charge in [0.1, 0.15) is 5.75 Å². The molecule has 4 nitrogen and oxygen atoms in total. The standard InChI is InChI=1S/C50H34N3O.Pt/c1-50(2,3)33-26-31(25-32(27-33)40-28-30(23-24-51-40)29-13-5-4-6-14-29)39-22-21-36-34-15-7-8-16-35(34)43-44-37-17-9-11-19-41(37)53-42-20-12-10-18-38(42)45(48(44)53)49(54)46(43)47(36)52-39;/h4-24,26-28,54H,1-3H3;/q-1;. The summed E-state index contributed by atoms with van der Waals surface area (Å²) in [5.41, 5.74) is 10.8. The van der Waals surface area contributed by atoms with Gasteiger partial charge in [-0.15, -0.1) is 23.8 Å². The first-order chi connectivity index (χ1) is 26.3. The van der Waals surface area contributed by atoms with Gasteiger partial charge in [0.25, 0.3) is 0 Å². The van der Waals surface area contributed by atoms with Crippen LogP contribution in [0.2, 0.25) is 0 Å². The van der Waals surface area contributed by atoms with E-state index in [1.54, 1.807) is 0 Å². The zero-order valence-corrected chi connectivity index (χ0v) is 32.7. The topological polar surface area (TPSA) is 50.4 Å². The Hall–Kier alpha value is -6.09. The van der Waals surface area contributed by atoms with Crippen molar-refractivity contribution in [3.05, 3.63) is 157 Å². The van der Waals surface area contributed by atoms with Crippen molar-refractivity contribution in [3.8, 4) is 39.4 Å². The monoisotopic (exact) mass is 887 g/mol. The van der Waals surface area contributed by atoms with Gasteiger partial charge in [0.2, 0.25) is 0 Å². The second-order valence-electron chi connectivity index (χ2n) is 15.4. The van der Waals surface area contributed by atoms with E-state index in [-0.39, 0.29) is 32.2 Å². The van der Waals surface area contributed by atoms with Crippen molar-refractivity contribution >= 4 is 70.5 Å². The molecule has 7 aromatic carbocycles. The molecule has 0 amide bonds. The van der Waals surface area contributed by atoms with Crippen molar-refractivity contribution in [2.45, 2.75) is 26.2 Å². The second kappa shape index (κ2) is 12.2. The zero-order chi connectivity index (χ0) is 36.3. The van der Waals surface area contributed by atoms with Gasteiger partial charge in [-0.2, -0.15) is 0 Å². The van der Waals surface area contributed by atoms with Crippen LogP contribution in [-0.4, -0.2) is 19.5 Å². The van der Waals surface area contributed by atoms with E-state index in [9.17, 15) is 5.11 Å². The molecular formula is C50H34N3OPt-. The number of phenolic OH excluding ortho intramolecular Hbond substituents is 1. The Morgan fingerprint density at radius 1 is 0.545 bits per heavy atom. The number of para-hydroxylation sites is 2. The first-order valence-corrected chi connectivity index (χ1v) is 18.5. The van der Waals surface area contributed by atoms with E-state index < -0.39 is 0 Å². The molecule has 55 heavy (non-hydrogen) atoms. The summed E-state index contributed by atoms with van der Waals surface area (Å²) in [6, 6.07) is 52.6. The first-order valence-electron chi connectivity index (χ1n) is 18.5. The van der Waals surface area contributed by atoms with Crippen molar-refractivity contribution in [1.82, 2.24) is 14.4 Å². The third kappa shape index (κ3) is 4.88. The Morgan fingerprint density at radius 2 is 1.16 bits per heavy atom. The Morgan fingerprint density at radius 3 is 1.87 bits per heavy atom. The van der Waals surface area contributed by atoms with Crippen molar-refractivity contribution in [1.29, 1.82) is 0 Å². The molecule has 4 aromatic heterocycles. The Bertz CT molecular complexity index is 3320. The van der Waals surface area contributed by atoms with Crippen LogP contribution in [0.15, 0.2) is 146 Å². The minimum atomic E-state index is -0.134. The molecule has 0 fully saturated rings. The minimum Gasteiger partial charge on any atom is -0.506 e. The maximum atomic E-state index is 12.7. The molecule has 1 N–H and O–H groups in total. The molecule has 0 saturated carbocycles. The summed E-state index contributed by atoms with van der Waals surface area (Å²) < 4.78 is 2.33. The Kier molecular flexibility index (Phi) is 7.43. The third-order valence-electron chi connectivity index (χ3n) is 11.3. The van der Waals surface area contributed by atoms with Gasteiger partial charge in [0.05, 0.1) is 32.8 Å². The van der Waals surface area contributed by atoms with Gasteiger partial charge in [-0.1, -0.05) is 141 Å². The average molecular weight is 888 g/mol. The molecule has 0 unspecified atom stereocenters. The minimum absolute atomic E-state index is 0. The van der Waals surface area contributed by atoms with E-state index in [4.69, 9.17) is 9.97 Å². The number of phenols is 1. The summed E-state index contributed by atoms with van der Waals surface area (Å²) in [5.74, 6) is 0.266. The number of aromatic nitrogens is 3. The summed E-state index contributed by atoms with van der Waals surface area (Å²) in [5, 5.41) is 21.9. The number of aromatic hydroxyl groups is 1. The summed E-state index contributed by atoms with van der Waals surface area (Å²) in [4.78, 5) is 10.3. The number of pyridine rings is 2. The molecule has 0 aliphatic heterocycles. The van der Waals surface area contributed by atoms with Crippen molar-refractivity contribution < 1.29 is 26.2 Å². The molecule has 266 valence electrons. The summed E-state index contributed by atoms with van der Waals surface area (Å²) >= 11 is 0. The number of rotatable bonds is 3. The number of fused-ring (bicyclic) bond motifs is 13. The maximum absolute atomic E-state index is 12.7. The molecule has 11 aromatic rings. The molecule has 0 atom stereocenters. The molecule has 4 heterocycles. The normalized spacial score (nSPS) is 12.2. The molecular weight excluding hydrogens is 854 g/mol. The van der Waals surface area contributed by atoms with Gasteiger partial charge in [-0.25, -0.2) is 0 Å². The third-order valence-corrected chi connectivity index (χ3v) is 11.3. The van der Waals surface area contributed by atoms with Crippen molar-refractivity contribution in [2.75, 3.05) is 0 Å². The second-order valence-corrected chi connectivity index (χ2v) is 15.4. The van der Waals surface area contributed by atoms with Crippen LogP contribution in [0, 0.1) is 6.07 Å². The number of nitrogens with zero attached hydrogens (tertiary/aromatic N) is 3. The average Bonchev–Trinajstić information content (AvgIpc) is 3.73. The smallest absolute Gasteiger partial charge is 0.135 e. The Labute approximate surface area is 332 Å². The van der Waals surface area contributed by atoms with Crippen LogP contribution in [0.4, 0.5) is 0 Å². The maximum Gasteiger partial charge on any atom is 0.135 e. The fourth-order valence-corrected chi connectivity index (χ4v) is 8.72. The van der Waals surface area contributed by atoms with E-state index in [1.165, 1.54) is 5.56 Å². The first kappa shape index (κ1) is 33.5.